The number of nitrogens with zero attached hydrogens (tertiary/aromatic N) is 2. The molecule has 0 radical (unpaired) electrons. The highest BCUT2D eigenvalue weighted by Crippen LogP contribution is 2.36. The van der Waals surface area contributed by atoms with Gasteiger partial charge in [0.25, 0.3) is 0 Å². The first-order valence-corrected chi connectivity index (χ1v) is 8.46. The van der Waals surface area contributed by atoms with Crippen LogP contribution in [0.2, 0.25) is 0 Å². The highest BCUT2D eigenvalue weighted by molar-refractivity contribution is 5.21. The van der Waals surface area contributed by atoms with Crippen LogP contribution in [0.25, 0.3) is 0 Å². The van der Waals surface area contributed by atoms with E-state index in [9.17, 15) is 0 Å². The van der Waals surface area contributed by atoms with E-state index in [0.717, 1.165) is 30.7 Å². The molecular formula is C19H26N2. The van der Waals surface area contributed by atoms with Crippen molar-refractivity contribution in [2.75, 3.05) is 13.1 Å². The second-order valence-electron chi connectivity index (χ2n) is 6.91. The Morgan fingerprint density at radius 1 is 1.05 bits per heavy atom. The highest BCUT2D eigenvalue weighted by Gasteiger charge is 2.32. The Morgan fingerprint density at radius 3 is 2.38 bits per heavy atom. The molecular weight excluding hydrogens is 256 g/mol. The Morgan fingerprint density at radius 2 is 1.76 bits per heavy atom. The zero-order chi connectivity index (χ0) is 14.7. The third-order valence-corrected chi connectivity index (χ3v) is 5.56. The van der Waals surface area contributed by atoms with E-state index in [2.05, 4.69) is 48.2 Å². The molecule has 0 aromatic heterocycles. The molecule has 0 amide bonds. The summed E-state index contributed by atoms with van der Waals surface area (Å²) in [5.74, 6) is 1.77. The summed E-state index contributed by atoms with van der Waals surface area (Å²) in [6.07, 6.45) is 5.94. The molecule has 1 saturated heterocycles. The van der Waals surface area contributed by atoms with Gasteiger partial charge in [0.05, 0.1) is 6.07 Å². The van der Waals surface area contributed by atoms with Crippen molar-refractivity contribution in [1.29, 1.82) is 5.26 Å². The molecule has 112 valence electrons. The van der Waals surface area contributed by atoms with Gasteiger partial charge in [0.2, 0.25) is 0 Å². The average Bonchev–Trinajstić information content (AvgIpc) is 2.55. The van der Waals surface area contributed by atoms with Crippen LogP contribution in [0.5, 0.6) is 0 Å². The van der Waals surface area contributed by atoms with Crippen molar-refractivity contribution in [2.24, 2.45) is 11.8 Å². The Hall–Kier alpha value is -1.33. The normalized spacial score (nSPS) is 34.3. The first-order valence-electron chi connectivity index (χ1n) is 8.46. The first-order chi connectivity index (χ1) is 10.3. The van der Waals surface area contributed by atoms with Gasteiger partial charge in [-0.2, -0.15) is 5.26 Å². The van der Waals surface area contributed by atoms with E-state index < -0.39 is 0 Å². The maximum Gasteiger partial charge on any atom is 0.0655 e. The number of benzene rings is 1. The Balaban J connectivity index is 1.58. The molecule has 1 aromatic rings. The smallest absolute Gasteiger partial charge is 0.0655 e. The van der Waals surface area contributed by atoms with Crippen LogP contribution < -0.4 is 0 Å². The third-order valence-electron chi connectivity index (χ3n) is 5.56. The van der Waals surface area contributed by atoms with Crippen molar-refractivity contribution in [3.8, 4) is 6.07 Å². The molecule has 2 atom stereocenters. The van der Waals surface area contributed by atoms with Gasteiger partial charge in [0.15, 0.2) is 0 Å². The maximum absolute atomic E-state index is 9.03. The molecule has 3 rings (SSSR count). The quantitative estimate of drug-likeness (QED) is 0.813. The minimum atomic E-state index is 0.320. The molecule has 0 spiro atoms. The van der Waals surface area contributed by atoms with Crippen LogP contribution in [0.1, 0.15) is 50.5 Å². The summed E-state index contributed by atoms with van der Waals surface area (Å²) in [6.45, 7) is 4.86. The molecule has 2 unspecified atom stereocenters. The fourth-order valence-electron chi connectivity index (χ4n) is 4.27. The summed E-state index contributed by atoms with van der Waals surface area (Å²) in [4.78, 5) is 2.71. The fourth-order valence-corrected chi connectivity index (χ4v) is 4.27. The van der Waals surface area contributed by atoms with Gasteiger partial charge in [0.1, 0.15) is 0 Å². The van der Waals surface area contributed by atoms with E-state index in [0.29, 0.717) is 5.92 Å². The first kappa shape index (κ1) is 14.6. The van der Waals surface area contributed by atoms with E-state index in [1.165, 1.54) is 37.9 Å². The summed E-state index contributed by atoms with van der Waals surface area (Å²) in [5.41, 5.74) is 1.51. The lowest BCUT2D eigenvalue weighted by Gasteiger charge is -2.43. The average molecular weight is 282 g/mol. The summed E-state index contributed by atoms with van der Waals surface area (Å²) < 4.78 is 0. The molecule has 2 heteroatoms. The van der Waals surface area contributed by atoms with Gasteiger partial charge in [-0.3, -0.25) is 0 Å². The Bertz CT molecular complexity index is 482. The number of rotatable bonds is 2. The van der Waals surface area contributed by atoms with Crippen molar-refractivity contribution < 1.29 is 0 Å². The lowest BCUT2D eigenvalue weighted by atomic mass is 9.79. The van der Waals surface area contributed by atoms with Gasteiger partial charge >= 0.3 is 0 Å². The number of piperidine rings is 1. The summed E-state index contributed by atoms with van der Waals surface area (Å²) in [6, 6.07) is 14.2. The zero-order valence-corrected chi connectivity index (χ0v) is 13.0. The molecule has 1 aromatic carbocycles. The topological polar surface area (TPSA) is 27.0 Å². The van der Waals surface area contributed by atoms with Crippen LogP contribution in [-0.4, -0.2) is 24.0 Å². The molecule has 1 heterocycles. The van der Waals surface area contributed by atoms with E-state index in [1.807, 2.05) is 0 Å². The zero-order valence-electron chi connectivity index (χ0n) is 13.0. The fraction of sp³-hybridized carbons (Fsp3) is 0.632. The van der Waals surface area contributed by atoms with E-state index in [-0.39, 0.29) is 0 Å². The minimum Gasteiger partial charge on any atom is -0.300 e. The summed E-state index contributed by atoms with van der Waals surface area (Å²) in [7, 11) is 0. The lowest BCUT2D eigenvalue weighted by Crippen LogP contribution is -2.45. The lowest BCUT2D eigenvalue weighted by molar-refractivity contribution is 0.0863. The van der Waals surface area contributed by atoms with Gasteiger partial charge in [-0.25, -0.2) is 0 Å². The summed E-state index contributed by atoms with van der Waals surface area (Å²) in [5, 5.41) is 9.03. The van der Waals surface area contributed by atoms with E-state index in [4.69, 9.17) is 5.26 Å². The Labute approximate surface area is 128 Å². The minimum absolute atomic E-state index is 0.320. The highest BCUT2D eigenvalue weighted by atomic mass is 15.2. The van der Waals surface area contributed by atoms with Gasteiger partial charge in [-0.15, -0.1) is 0 Å². The molecule has 21 heavy (non-hydrogen) atoms. The molecule has 0 bridgehead atoms. The van der Waals surface area contributed by atoms with Crippen LogP contribution in [0, 0.1) is 23.2 Å². The molecule has 1 aliphatic heterocycles. The molecule has 2 fully saturated rings. The van der Waals surface area contributed by atoms with Crippen LogP contribution >= 0.6 is 0 Å². The second kappa shape index (κ2) is 6.62. The van der Waals surface area contributed by atoms with Crippen LogP contribution in [0.15, 0.2) is 30.3 Å². The number of hydrogen-bond donors (Lipinski definition) is 0. The largest absolute Gasteiger partial charge is 0.300 e. The molecule has 1 saturated carbocycles. The van der Waals surface area contributed by atoms with Gasteiger partial charge in [0, 0.05) is 18.5 Å². The molecule has 2 aliphatic rings. The second-order valence-corrected chi connectivity index (χ2v) is 6.91. The van der Waals surface area contributed by atoms with Crippen LogP contribution in [0.4, 0.5) is 0 Å². The van der Waals surface area contributed by atoms with Crippen molar-refractivity contribution in [2.45, 2.75) is 51.0 Å². The SMILES string of the molecule is CC1CN(C2CCC(C#N)CC2)CCC1c1ccccc1. The van der Waals surface area contributed by atoms with Gasteiger partial charge in [-0.05, 0) is 56.0 Å². The number of likely N-dealkylation sites (tertiary alicyclic amines) is 1. The monoisotopic (exact) mass is 282 g/mol. The molecule has 1 aliphatic carbocycles. The Kier molecular flexibility index (Phi) is 4.60. The van der Waals surface area contributed by atoms with Crippen molar-refractivity contribution in [1.82, 2.24) is 4.90 Å². The maximum atomic E-state index is 9.03. The van der Waals surface area contributed by atoms with Crippen molar-refractivity contribution >= 4 is 0 Å². The van der Waals surface area contributed by atoms with Gasteiger partial charge in [-0.1, -0.05) is 37.3 Å². The van der Waals surface area contributed by atoms with Crippen LogP contribution in [-0.2, 0) is 0 Å². The van der Waals surface area contributed by atoms with Crippen molar-refractivity contribution in [3.05, 3.63) is 35.9 Å². The molecule has 2 nitrogen and oxygen atoms in total. The van der Waals surface area contributed by atoms with E-state index >= 15 is 0 Å². The van der Waals surface area contributed by atoms with Gasteiger partial charge < -0.3 is 4.90 Å². The number of nitriles is 1. The molecule has 0 N–H and O–H groups in total. The standard InChI is InChI=1S/C19H26N2/c1-15-14-21(18-9-7-16(13-20)8-10-18)12-11-19(15)17-5-3-2-4-6-17/h2-6,15-16,18-19H,7-12,14H2,1H3. The predicted molar refractivity (Wildman–Crippen MR) is 85.9 cm³/mol. The third kappa shape index (κ3) is 3.30. The summed E-state index contributed by atoms with van der Waals surface area (Å²) >= 11 is 0. The van der Waals surface area contributed by atoms with E-state index in [1.54, 1.807) is 0 Å². The van der Waals surface area contributed by atoms with Crippen molar-refractivity contribution in [3.63, 3.8) is 0 Å². The predicted octanol–water partition coefficient (Wildman–Crippen LogP) is 4.19. The number of hydrogen-bond acceptors (Lipinski definition) is 2. The van der Waals surface area contributed by atoms with Crippen LogP contribution in [0.3, 0.4) is 0 Å².